The van der Waals surface area contributed by atoms with E-state index < -0.39 is 30.1 Å². The van der Waals surface area contributed by atoms with Crippen molar-refractivity contribution in [1.29, 1.82) is 0 Å². The van der Waals surface area contributed by atoms with Crippen molar-refractivity contribution in [1.82, 2.24) is 0 Å². The Balaban J connectivity index is 1.66. The highest BCUT2D eigenvalue weighted by Gasteiger charge is 2.39. The Kier molecular flexibility index (Phi) is 6.68. The van der Waals surface area contributed by atoms with Crippen molar-refractivity contribution in [3.05, 3.63) is 83.4 Å². The van der Waals surface area contributed by atoms with Crippen molar-refractivity contribution in [3.63, 3.8) is 0 Å². The molecule has 0 N–H and O–H groups in total. The van der Waals surface area contributed by atoms with Crippen LogP contribution in [0.2, 0.25) is 0 Å². The number of para-hydroxylation sites is 1. The minimum absolute atomic E-state index is 0.0419. The van der Waals surface area contributed by atoms with Gasteiger partial charge in [-0.1, -0.05) is 30.3 Å². The molecule has 1 unspecified atom stereocenters. The molecule has 2 aromatic rings. The van der Waals surface area contributed by atoms with Crippen LogP contribution in [0.4, 0.5) is 24.5 Å². The molecular formula is C26H24F3N3O2. The maximum atomic E-state index is 15.5. The van der Waals surface area contributed by atoms with E-state index in [1.807, 2.05) is 30.3 Å². The average Bonchev–Trinajstić information content (AvgIpc) is 3.19. The number of ether oxygens (including phenoxy) is 1. The van der Waals surface area contributed by atoms with Gasteiger partial charge in [-0.05, 0) is 42.8 Å². The predicted octanol–water partition coefficient (Wildman–Crippen LogP) is 5.62. The molecular weight excluding hydrogens is 443 g/mol. The lowest BCUT2D eigenvalue weighted by Crippen LogP contribution is -2.26. The minimum Gasteiger partial charge on any atom is -0.493 e. The zero-order valence-corrected chi connectivity index (χ0v) is 18.8. The molecule has 0 radical (unpaired) electrons. The Morgan fingerprint density at radius 1 is 1.21 bits per heavy atom. The molecule has 176 valence electrons. The molecule has 0 spiro atoms. The second-order valence-corrected chi connectivity index (χ2v) is 8.16. The maximum Gasteiger partial charge on any atom is 0.266 e. The third-order valence-electron chi connectivity index (χ3n) is 5.75. The first kappa shape index (κ1) is 23.5. The van der Waals surface area contributed by atoms with E-state index in [0.29, 0.717) is 5.57 Å². The van der Waals surface area contributed by atoms with Crippen molar-refractivity contribution < 1.29 is 22.7 Å². The summed E-state index contributed by atoms with van der Waals surface area (Å²) in [6, 6.07) is 13.1. The van der Waals surface area contributed by atoms with E-state index in [1.54, 1.807) is 25.3 Å². The number of aliphatic imine (C=N–C) groups is 2. The SMILES string of the molecule is COC1=CC(c2cccc(N3CCC(F)(F)C3)c2F)N=C(C(C)=CC=Nc2ccccc2)C1=O. The Labute approximate surface area is 196 Å². The van der Waals surface area contributed by atoms with Gasteiger partial charge in [-0.2, -0.15) is 0 Å². The summed E-state index contributed by atoms with van der Waals surface area (Å²) < 4.78 is 48.1. The van der Waals surface area contributed by atoms with Crippen LogP contribution in [0.1, 0.15) is 24.9 Å². The summed E-state index contributed by atoms with van der Waals surface area (Å²) in [5.41, 5.74) is 1.69. The Hall–Kier alpha value is -3.68. The smallest absolute Gasteiger partial charge is 0.266 e. The molecule has 0 aromatic heterocycles. The standard InChI is InChI=1S/C26H24F3N3O2/c1-17(11-13-30-18-7-4-3-5-8-18)24-25(33)22(34-2)15-20(31-24)19-9-6-10-21(23(19)27)32-14-12-26(28,29)16-32/h3-11,13,15,20H,12,14,16H2,1-2H3. The number of hydrogen-bond acceptors (Lipinski definition) is 5. The zero-order valence-electron chi connectivity index (χ0n) is 18.8. The van der Waals surface area contributed by atoms with E-state index in [4.69, 9.17) is 4.74 Å². The number of dihydropyridines is 1. The topological polar surface area (TPSA) is 54.3 Å². The van der Waals surface area contributed by atoms with Gasteiger partial charge in [0.15, 0.2) is 11.6 Å². The third-order valence-corrected chi connectivity index (χ3v) is 5.75. The molecule has 4 rings (SSSR count). The number of alkyl halides is 2. The Bertz CT molecular complexity index is 1200. The molecule has 0 aliphatic carbocycles. The summed E-state index contributed by atoms with van der Waals surface area (Å²) in [5.74, 6) is -3.87. The largest absolute Gasteiger partial charge is 0.493 e. The first-order valence-corrected chi connectivity index (χ1v) is 10.8. The molecule has 1 fully saturated rings. The first-order valence-electron chi connectivity index (χ1n) is 10.8. The van der Waals surface area contributed by atoms with Crippen molar-refractivity contribution in [2.24, 2.45) is 9.98 Å². The van der Waals surface area contributed by atoms with Gasteiger partial charge in [-0.15, -0.1) is 0 Å². The number of anilines is 1. The van der Waals surface area contributed by atoms with Crippen LogP contribution in [0.3, 0.4) is 0 Å². The molecule has 34 heavy (non-hydrogen) atoms. The first-order chi connectivity index (χ1) is 16.3. The fourth-order valence-electron chi connectivity index (χ4n) is 3.95. The van der Waals surface area contributed by atoms with Crippen LogP contribution < -0.4 is 4.90 Å². The molecule has 5 nitrogen and oxygen atoms in total. The fraction of sp³-hybridized carbons (Fsp3) is 0.269. The molecule has 1 atom stereocenters. The van der Waals surface area contributed by atoms with Gasteiger partial charge in [-0.3, -0.25) is 14.8 Å². The van der Waals surface area contributed by atoms with Gasteiger partial charge in [0.25, 0.3) is 5.92 Å². The summed E-state index contributed by atoms with van der Waals surface area (Å²) in [6.07, 6.45) is 4.34. The van der Waals surface area contributed by atoms with E-state index in [0.717, 1.165) is 5.69 Å². The van der Waals surface area contributed by atoms with Gasteiger partial charge < -0.3 is 9.64 Å². The number of carbonyl (C=O) groups is 1. The summed E-state index contributed by atoms with van der Waals surface area (Å²) in [6.45, 7) is 1.24. The van der Waals surface area contributed by atoms with Crippen LogP contribution >= 0.6 is 0 Å². The molecule has 2 aromatic carbocycles. The molecule has 0 saturated carbocycles. The number of nitrogens with zero attached hydrogens (tertiary/aromatic N) is 3. The lowest BCUT2D eigenvalue weighted by molar-refractivity contribution is -0.112. The zero-order chi connectivity index (χ0) is 24.3. The van der Waals surface area contributed by atoms with Crippen LogP contribution in [0.5, 0.6) is 0 Å². The highest BCUT2D eigenvalue weighted by Crippen LogP contribution is 2.36. The van der Waals surface area contributed by atoms with Crippen LogP contribution in [-0.4, -0.2) is 43.8 Å². The number of Topliss-reactive ketones (excluding diaryl/α,β-unsaturated/α-hetero) is 1. The van der Waals surface area contributed by atoms with E-state index in [9.17, 15) is 13.6 Å². The van der Waals surface area contributed by atoms with E-state index in [-0.39, 0.29) is 35.7 Å². The third kappa shape index (κ3) is 4.95. The van der Waals surface area contributed by atoms with E-state index >= 15 is 4.39 Å². The fourth-order valence-corrected chi connectivity index (χ4v) is 3.95. The number of hydrogen-bond donors (Lipinski definition) is 0. The number of carbonyl (C=O) groups excluding carboxylic acids is 1. The maximum absolute atomic E-state index is 15.5. The second kappa shape index (κ2) is 9.67. The quantitative estimate of drug-likeness (QED) is 0.519. The van der Waals surface area contributed by atoms with Gasteiger partial charge in [0.1, 0.15) is 11.8 Å². The normalized spacial score (nSPS) is 20.5. The number of rotatable bonds is 6. The predicted molar refractivity (Wildman–Crippen MR) is 127 cm³/mol. The molecule has 2 aliphatic heterocycles. The highest BCUT2D eigenvalue weighted by atomic mass is 19.3. The number of methoxy groups -OCH3 is 1. The van der Waals surface area contributed by atoms with Gasteiger partial charge in [0, 0.05) is 24.7 Å². The lowest BCUT2D eigenvalue weighted by atomic mass is 9.97. The molecule has 1 saturated heterocycles. The highest BCUT2D eigenvalue weighted by molar-refractivity contribution is 6.51. The molecule has 8 heteroatoms. The van der Waals surface area contributed by atoms with Crippen molar-refractivity contribution >= 4 is 29.1 Å². The number of ketones is 1. The van der Waals surface area contributed by atoms with E-state index in [2.05, 4.69) is 9.98 Å². The second-order valence-electron chi connectivity index (χ2n) is 8.16. The van der Waals surface area contributed by atoms with Gasteiger partial charge in [-0.25, -0.2) is 13.2 Å². The summed E-state index contributed by atoms with van der Waals surface area (Å²) in [5, 5.41) is 0. The van der Waals surface area contributed by atoms with Crippen LogP contribution in [-0.2, 0) is 9.53 Å². The van der Waals surface area contributed by atoms with Crippen LogP contribution in [0.25, 0.3) is 0 Å². The Morgan fingerprint density at radius 2 is 1.97 bits per heavy atom. The number of allylic oxidation sites excluding steroid dienone is 3. The van der Waals surface area contributed by atoms with Gasteiger partial charge in [0.2, 0.25) is 5.78 Å². The number of benzene rings is 2. The van der Waals surface area contributed by atoms with Gasteiger partial charge in [0.05, 0.1) is 25.0 Å². The van der Waals surface area contributed by atoms with Gasteiger partial charge >= 0.3 is 0 Å². The van der Waals surface area contributed by atoms with Crippen molar-refractivity contribution in [3.8, 4) is 0 Å². The summed E-state index contributed by atoms with van der Waals surface area (Å²) in [4.78, 5) is 23.0. The summed E-state index contributed by atoms with van der Waals surface area (Å²) in [7, 11) is 1.36. The van der Waals surface area contributed by atoms with E-state index in [1.165, 1.54) is 30.2 Å². The monoisotopic (exact) mass is 467 g/mol. The molecule has 2 aliphatic rings. The van der Waals surface area contributed by atoms with Crippen LogP contribution in [0, 0.1) is 5.82 Å². The molecule has 0 bridgehead atoms. The average molecular weight is 467 g/mol. The van der Waals surface area contributed by atoms with Crippen LogP contribution in [0.15, 0.2) is 82.0 Å². The van der Waals surface area contributed by atoms with Crippen molar-refractivity contribution in [2.75, 3.05) is 25.1 Å². The number of halogens is 3. The summed E-state index contributed by atoms with van der Waals surface area (Å²) >= 11 is 0. The van der Waals surface area contributed by atoms with Crippen molar-refractivity contribution in [2.45, 2.75) is 25.3 Å². The molecule has 0 amide bonds. The molecule has 2 heterocycles. The minimum atomic E-state index is -2.85. The lowest BCUT2D eigenvalue weighted by Gasteiger charge is -2.23. The Morgan fingerprint density at radius 3 is 2.65 bits per heavy atom.